The fraction of sp³-hybridized carbons (Fsp3) is 0.429. The molecule has 1 aliphatic carbocycles. The van der Waals surface area contributed by atoms with Crippen LogP contribution in [0.3, 0.4) is 0 Å². The van der Waals surface area contributed by atoms with Crippen LogP contribution >= 0.6 is 11.3 Å². The van der Waals surface area contributed by atoms with Gasteiger partial charge in [0.2, 0.25) is 0 Å². The molecule has 0 aliphatic heterocycles. The molecule has 2 heterocycles. The largest absolute Gasteiger partial charge is 0.469 e. The molecule has 2 aromatic heterocycles. The average molecular weight is 247 g/mol. The second kappa shape index (κ2) is 4.67. The zero-order valence-corrected chi connectivity index (χ0v) is 10.8. The van der Waals surface area contributed by atoms with E-state index in [1.807, 2.05) is 30.5 Å². The summed E-state index contributed by atoms with van der Waals surface area (Å²) in [5.41, 5.74) is 1.57. The highest BCUT2D eigenvalue weighted by atomic mass is 32.1. The van der Waals surface area contributed by atoms with Gasteiger partial charge < -0.3 is 9.73 Å². The maximum atomic E-state index is 5.43. The molecular formula is C14H17NOS. The van der Waals surface area contributed by atoms with Crippen LogP contribution in [0.25, 0.3) is 0 Å². The van der Waals surface area contributed by atoms with E-state index in [4.69, 9.17) is 4.42 Å². The van der Waals surface area contributed by atoms with E-state index in [0.717, 1.165) is 12.2 Å². The van der Waals surface area contributed by atoms with Gasteiger partial charge in [-0.15, -0.1) is 11.3 Å². The van der Waals surface area contributed by atoms with Crippen molar-refractivity contribution < 1.29 is 4.42 Å². The molecule has 0 amide bonds. The van der Waals surface area contributed by atoms with Crippen molar-refractivity contribution in [3.8, 4) is 0 Å². The third-order valence-electron chi connectivity index (χ3n) is 3.44. The van der Waals surface area contributed by atoms with E-state index in [0.29, 0.717) is 6.04 Å². The summed E-state index contributed by atoms with van der Waals surface area (Å²) in [7, 11) is 2.03. The number of furan rings is 1. The highest BCUT2D eigenvalue weighted by Crippen LogP contribution is 2.34. The summed E-state index contributed by atoms with van der Waals surface area (Å²) in [6, 6.07) is 6.77. The van der Waals surface area contributed by atoms with Gasteiger partial charge in [0.05, 0.1) is 6.26 Å². The molecule has 3 rings (SSSR count). The van der Waals surface area contributed by atoms with Crippen LogP contribution < -0.4 is 5.32 Å². The number of hydrogen-bond acceptors (Lipinski definition) is 3. The van der Waals surface area contributed by atoms with E-state index in [9.17, 15) is 0 Å². The molecule has 3 heteroatoms. The number of likely N-dealkylation sites (N-methyl/N-ethyl adjacent to an activating group) is 1. The number of aryl methyl sites for hydroxylation is 2. The van der Waals surface area contributed by atoms with E-state index in [1.54, 1.807) is 16.7 Å². The monoisotopic (exact) mass is 247 g/mol. The van der Waals surface area contributed by atoms with Crippen molar-refractivity contribution in [2.75, 3.05) is 7.05 Å². The van der Waals surface area contributed by atoms with Crippen LogP contribution in [0.2, 0.25) is 0 Å². The molecule has 0 fully saturated rings. The summed E-state index contributed by atoms with van der Waals surface area (Å²) in [6.07, 6.45) is 6.56. The molecule has 0 aromatic carbocycles. The van der Waals surface area contributed by atoms with Crippen molar-refractivity contribution in [2.24, 2.45) is 0 Å². The fourth-order valence-corrected chi connectivity index (χ4v) is 3.87. The van der Waals surface area contributed by atoms with Crippen molar-refractivity contribution in [1.82, 2.24) is 5.32 Å². The van der Waals surface area contributed by atoms with Gasteiger partial charge in [0.25, 0.3) is 0 Å². The Morgan fingerprint density at radius 3 is 3.12 bits per heavy atom. The number of thiophene rings is 1. The van der Waals surface area contributed by atoms with Crippen molar-refractivity contribution in [1.29, 1.82) is 0 Å². The van der Waals surface area contributed by atoms with Crippen molar-refractivity contribution >= 4 is 11.3 Å². The molecule has 1 aliphatic rings. The van der Waals surface area contributed by atoms with Crippen LogP contribution in [-0.4, -0.2) is 7.05 Å². The third kappa shape index (κ3) is 2.17. The Kier molecular flexibility index (Phi) is 3.04. The summed E-state index contributed by atoms with van der Waals surface area (Å²) in [4.78, 5) is 3.05. The normalized spacial score (nSPS) is 16.1. The lowest BCUT2D eigenvalue weighted by Crippen LogP contribution is -2.17. The Hall–Kier alpha value is -1.06. The first-order valence-electron chi connectivity index (χ1n) is 6.18. The molecule has 17 heavy (non-hydrogen) atoms. The molecule has 2 aromatic rings. The topological polar surface area (TPSA) is 25.2 Å². The molecule has 0 radical (unpaired) electrons. The van der Waals surface area contributed by atoms with E-state index in [2.05, 4.69) is 11.4 Å². The zero-order valence-electron chi connectivity index (χ0n) is 10.0. The zero-order chi connectivity index (χ0) is 11.7. The standard InChI is InChI=1S/C14H17NOS/c1-15-12(9-11-5-3-7-16-11)14-8-10-4-2-6-13(10)17-14/h3,5,7-8,12,15H,2,4,6,9H2,1H3. The fourth-order valence-electron chi connectivity index (χ4n) is 2.50. The van der Waals surface area contributed by atoms with E-state index >= 15 is 0 Å². The highest BCUT2D eigenvalue weighted by Gasteiger charge is 2.20. The third-order valence-corrected chi connectivity index (χ3v) is 4.79. The Morgan fingerprint density at radius 1 is 1.47 bits per heavy atom. The van der Waals surface area contributed by atoms with Gasteiger partial charge in [0.15, 0.2) is 0 Å². The van der Waals surface area contributed by atoms with Crippen molar-refractivity contribution in [2.45, 2.75) is 31.7 Å². The van der Waals surface area contributed by atoms with Gasteiger partial charge in [0.1, 0.15) is 5.76 Å². The summed E-state index contributed by atoms with van der Waals surface area (Å²) in [6.45, 7) is 0. The number of rotatable bonds is 4. The molecule has 0 spiro atoms. The van der Waals surface area contributed by atoms with Gasteiger partial charge in [0, 0.05) is 22.2 Å². The smallest absolute Gasteiger partial charge is 0.105 e. The lowest BCUT2D eigenvalue weighted by atomic mass is 10.1. The molecule has 1 unspecified atom stereocenters. The van der Waals surface area contributed by atoms with Crippen LogP contribution in [0.1, 0.15) is 33.5 Å². The Labute approximate surface area is 106 Å². The van der Waals surface area contributed by atoms with Crippen molar-refractivity contribution in [3.63, 3.8) is 0 Å². The Balaban J connectivity index is 1.80. The minimum Gasteiger partial charge on any atom is -0.469 e. The molecule has 2 nitrogen and oxygen atoms in total. The summed E-state index contributed by atoms with van der Waals surface area (Å²) >= 11 is 1.97. The maximum absolute atomic E-state index is 5.43. The first kappa shape index (κ1) is 11.1. The first-order chi connectivity index (χ1) is 8.36. The summed E-state index contributed by atoms with van der Waals surface area (Å²) in [5, 5.41) is 3.40. The minimum absolute atomic E-state index is 0.386. The minimum atomic E-state index is 0.386. The van der Waals surface area contributed by atoms with Crippen LogP contribution in [0.15, 0.2) is 28.9 Å². The second-order valence-electron chi connectivity index (χ2n) is 4.58. The van der Waals surface area contributed by atoms with Gasteiger partial charge in [-0.05, 0) is 50.1 Å². The van der Waals surface area contributed by atoms with E-state index in [1.165, 1.54) is 24.1 Å². The molecule has 0 bridgehead atoms. The highest BCUT2D eigenvalue weighted by molar-refractivity contribution is 7.12. The molecule has 0 saturated carbocycles. The molecule has 90 valence electrons. The SMILES string of the molecule is CNC(Cc1ccco1)c1cc2c(s1)CCC2. The maximum Gasteiger partial charge on any atom is 0.105 e. The molecular weight excluding hydrogens is 230 g/mol. The van der Waals surface area contributed by atoms with Crippen LogP contribution in [0.4, 0.5) is 0 Å². The second-order valence-corrected chi connectivity index (χ2v) is 5.74. The van der Waals surface area contributed by atoms with Gasteiger partial charge in [-0.1, -0.05) is 0 Å². The van der Waals surface area contributed by atoms with E-state index < -0.39 is 0 Å². The average Bonchev–Trinajstić information content (AvgIpc) is 3.01. The van der Waals surface area contributed by atoms with Gasteiger partial charge in [-0.2, -0.15) is 0 Å². The molecule has 0 saturated heterocycles. The predicted molar refractivity (Wildman–Crippen MR) is 70.6 cm³/mol. The van der Waals surface area contributed by atoms with Crippen LogP contribution in [0.5, 0.6) is 0 Å². The van der Waals surface area contributed by atoms with Gasteiger partial charge in [-0.3, -0.25) is 0 Å². The Morgan fingerprint density at radius 2 is 2.41 bits per heavy atom. The Bertz CT molecular complexity index is 465. The van der Waals surface area contributed by atoms with Crippen molar-refractivity contribution in [3.05, 3.63) is 45.5 Å². The molecule has 1 atom stereocenters. The number of hydrogen-bond donors (Lipinski definition) is 1. The van der Waals surface area contributed by atoms with Crippen LogP contribution in [0, 0.1) is 0 Å². The van der Waals surface area contributed by atoms with Gasteiger partial charge in [-0.25, -0.2) is 0 Å². The number of nitrogens with one attached hydrogen (secondary N) is 1. The van der Waals surface area contributed by atoms with E-state index in [-0.39, 0.29) is 0 Å². The van der Waals surface area contributed by atoms with Crippen LogP contribution in [-0.2, 0) is 19.3 Å². The summed E-state index contributed by atoms with van der Waals surface area (Å²) in [5.74, 6) is 1.05. The van der Waals surface area contributed by atoms with Gasteiger partial charge >= 0.3 is 0 Å². The summed E-state index contributed by atoms with van der Waals surface area (Å²) < 4.78 is 5.43. The quantitative estimate of drug-likeness (QED) is 0.896. The number of fused-ring (bicyclic) bond motifs is 1. The molecule has 1 N–H and O–H groups in total. The predicted octanol–water partition coefficient (Wildman–Crippen LogP) is 3.33. The lowest BCUT2D eigenvalue weighted by molar-refractivity contribution is 0.468. The lowest BCUT2D eigenvalue weighted by Gasteiger charge is -2.12. The first-order valence-corrected chi connectivity index (χ1v) is 6.99.